The van der Waals surface area contributed by atoms with Crippen LogP contribution in [0.1, 0.15) is 0 Å². The van der Waals surface area contributed by atoms with E-state index in [2.05, 4.69) is 166 Å². The monoisotopic (exact) mass is 662 g/mol. The van der Waals surface area contributed by atoms with E-state index < -0.39 is 0 Å². The lowest BCUT2D eigenvalue weighted by atomic mass is 9.66. The highest BCUT2D eigenvalue weighted by Crippen LogP contribution is 2.45. The average molecular weight is 662 g/mol. The summed E-state index contributed by atoms with van der Waals surface area (Å²) in [4.78, 5) is 5.23. The van der Waals surface area contributed by atoms with Gasteiger partial charge in [-0.25, -0.2) is 4.98 Å². The van der Waals surface area contributed by atoms with Gasteiger partial charge in [0.05, 0.1) is 11.0 Å². The largest absolute Gasteiger partial charge is 0.509 e. The molecule has 0 spiro atoms. The zero-order valence-electron chi connectivity index (χ0n) is 29.8. The van der Waals surface area contributed by atoms with Crippen molar-refractivity contribution < 1.29 is 5.11 Å². The van der Waals surface area contributed by atoms with Crippen molar-refractivity contribution in [3.8, 4) is 56.2 Å². The van der Waals surface area contributed by atoms with Gasteiger partial charge in [-0.05, 0) is 90.7 Å². The Hall–Kier alpha value is -6.19. The van der Waals surface area contributed by atoms with Gasteiger partial charge >= 0.3 is 0 Å². The molecule has 242 valence electrons. The molecule has 0 saturated carbocycles. The van der Waals surface area contributed by atoms with Crippen LogP contribution in [0.3, 0.4) is 0 Å². The van der Waals surface area contributed by atoms with Crippen LogP contribution < -0.4 is 21.9 Å². The molecule has 9 rings (SSSR count). The topological polar surface area (TPSA) is 38.1 Å². The third-order valence-electron chi connectivity index (χ3n) is 11.0. The van der Waals surface area contributed by atoms with Crippen LogP contribution in [0, 0.1) is 0 Å². The fourth-order valence-electron chi connectivity index (χ4n) is 8.13. The Morgan fingerprint density at radius 3 is 1.75 bits per heavy atom. The minimum Gasteiger partial charge on any atom is -0.509 e. The predicted octanol–water partition coefficient (Wildman–Crippen LogP) is 4.74. The fraction of sp³-hybridized carbons (Fsp3) is 0. The van der Waals surface area contributed by atoms with Crippen LogP contribution in [-0.2, 0) is 0 Å². The van der Waals surface area contributed by atoms with Crippen LogP contribution in [-0.4, -0.2) is 46.0 Å². The van der Waals surface area contributed by atoms with Crippen molar-refractivity contribution in [2.24, 2.45) is 0 Å². The number of nitrogens with zero attached hydrogens (tertiary/aromatic N) is 2. The molecule has 0 aliphatic carbocycles. The molecule has 0 aliphatic rings. The van der Waals surface area contributed by atoms with Crippen molar-refractivity contribution in [2.45, 2.75) is 0 Å². The van der Waals surface area contributed by atoms with Gasteiger partial charge in [-0.3, -0.25) is 4.57 Å². The van der Waals surface area contributed by atoms with Gasteiger partial charge in [0.1, 0.15) is 43.0 Å². The first-order valence-electron chi connectivity index (χ1n) is 17.9. The van der Waals surface area contributed by atoms with Crippen LogP contribution in [0.25, 0.3) is 83.0 Å². The smallest absolute Gasteiger partial charge is 0.145 e. The molecular formula is C45H34B4N2O. The summed E-state index contributed by atoms with van der Waals surface area (Å²) in [6, 6.07) is 54.3. The summed E-state index contributed by atoms with van der Waals surface area (Å²) in [5, 5.41) is 16.1. The molecule has 0 fully saturated rings. The summed E-state index contributed by atoms with van der Waals surface area (Å²) in [6.07, 6.45) is 0. The molecule has 0 radical (unpaired) electrons. The number of phenolic OH excluding ortho intramolecular Hbond substituents is 1. The van der Waals surface area contributed by atoms with Crippen LogP contribution in [0.4, 0.5) is 0 Å². The highest BCUT2D eigenvalue weighted by atomic mass is 16.3. The zero-order chi connectivity index (χ0) is 35.5. The van der Waals surface area contributed by atoms with E-state index in [1.165, 1.54) is 49.4 Å². The maximum atomic E-state index is 11.2. The molecule has 9 aromatic rings. The number of para-hydroxylation sites is 2. The van der Waals surface area contributed by atoms with E-state index in [0.717, 1.165) is 55.5 Å². The second-order valence-electron chi connectivity index (χ2n) is 13.8. The number of aromatic nitrogens is 2. The molecule has 7 heteroatoms. The SMILES string of the molecule is Bc1c(B)c(O)c(B)c(-c2nc3ccccc3n2-c2cccc(-c3c4ccccc4c(-c4ccccc4)c4cc(-c5ccccc5)ccc34)c2)c1B. The lowest BCUT2D eigenvalue weighted by molar-refractivity contribution is 0.484. The lowest BCUT2D eigenvalue weighted by Gasteiger charge is -2.21. The standard InChI is InChI=1S/C45H34B4N2O/c46-40-39(41(47)44(52)43(49)42(40)48)45-50-35-20-9-10-21-36(35)51(45)30-17-11-16-29(24-30)38-32-19-8-7-18-31(32)37(27-14-5-2-6-15-27)34-25-28(22-23-33(34)38)26-12-3-1-4-13-26/h1-25,52H,46-49H2. The molecule has 0 unspecified atom stereocenters. The van der Waals surface area contributed by atoms with E-state index in [0.29, 0.717) is 5.75 Å². The molecule has 0 bridgehead atoms. The molecule has 0 atom stereocenters. The first-order valence-corrected chi connectivity index (χ1v) is 17.9. The summed E-state index contributed by atoms with van der Waals surface area (Å²) >= 11 is 0. The van der Waals surface area contributed by atoms with Crippen LogP contribution in [0.5, 0.6) is 5.75 Å². The molecule has 0 amide bonds. The first kappa shape index (κ1) is 31.8. The number of benzene rings is 8. The Balaban J connectivity index is 1.35. The van der Waals surface area contributed by atoms with Crippen molar-refractivity contribution in [2.75, 3.05) is 0 Å². The summed E-state index contributed by atoms with van der Waals surface area (Å²) < 4.78 is 2.26. The number of imidazole rings is 1. The van der Waals surface area contributed by atoms with Crippen LogP contribution in [0.2, 0.25) is 0 Å². The van der Waals surface area contributed by atoms with E-state index in [1.54, 1.807) is 0 Å². The van der Waals surface area contributed by atoms with Crippen molar-refractivity contribution in [1.82, 2.24) is 9.55 Å². The Kier molecular flexibility index (Phi) is 7.66. The number of aromatic hydroxyl groups is 1. The predicted molar refractivity (Wildman–Crippen MR) is 232 cm³/mol. The third-order valence-corrected chi connectivity index (χ3v) is 11.0. The van der Waals surface area contributed by atoms with Crippen molar-refractivity contribution >= 4 is 85.8 Å². The molecule has 0 aliphatic heterocycles. The molecule has 3 nitrogen and oxygen atoms in total. The molecule has 52 heavy (non-hydrogen) atoms. The van der Waals surface area contributed by atoms with E-state index in [4.69, 9.17) is 4.98 Å². The van der Waals surface area contributed by atoms with Gasteiger partial charge < -0.3 is 5.11 Å². The second kappa shape index (κ2) is 12.5. The first-order chi connectivity index (χ1) is 25.4. The number of hydrogen-bond donors (Lipinski definition) is 1. The quantitative estimate of drug-likeness (QED) is 0.214. The maximum Gasteiger partial charge on any atom is 0.145 e. The highest BCUT2D eigenvalue weighted by molar-refractivity contribution is 6.62. The van der Waals surface area contributed by atoms with Gasteiger partial charge in [0, 0.05) is 11.3 Å². The van der Waals surface area contributed by atoms with E-state index in [9.17, 15) is 5.11 Å². The van der Waals surface area contributed by atoms with Gasteiger partial charge in [-0.1, -0.05) is 138 Å². The third kappa shape index (κ3) is 4.99. The second-order valence-corrected chi connectivity index (χ2v) is 13.8. The van der Waals surface area contributed by atoms with Gasteiger partial charge in [0.25, 0.3) is 0 Å². The number of hydrogen-bond acceptors (Lipinski definition) is 2. The number of fused-ring (bicyclic) bond motifs is 3. The number of phenols is 1. The van der Waals surface area contributed by atoms with E-state index in [-0.39, 0.29) is 0 Å². The van der Waals surface area contributed by atoms with Crippen molar-refractivity contribution in [3.63, 3.8) is 0 Å². The Morgan fingerprint density at radius 1 is 0.423 bits per heavy atom. The normalized spacial score (nSPS) is 11.5. The lowest BCUT2D eigenvalue weighted by Crippen LogP contribution is -2.44. The van der Waals surface area contributed by atoms with Crippen molar-refractivity contribution in [3.05, 3.63) is 152 Å². The van der Waals surface area contributed by atoms with Crippen LogP contribution >= 0.6 is 0 Å². The van der Waals surface area contributed by atoms with Gasteiger partial charge in [0.15, 0.2) is 0 Å². The van der Waals surface area contributed by atoms with Gasteiger partial charge in [-0.15, -0.1) is 0 Å². The fourth-order valence-corrected chi connectivity index (χ4v) is 8.13. The average Bonchev–Trinajstić information content (AvgIpc) is 3.58. The Bertz CT molecular complexity index is 2820. The van der Waals surface area contributed by atoms with Gasteiger partial charge in [-0.2, -0.15) is 0 Å². The Labute approximate surface area is 307 Å². The summed E-state index contributed by atoms with van der Waals surface area (Å²) in [6.45, 7) is 0. The summed E-state index contributed by atoms with van der Waals surface area (Å²) in [5.41, 5.74) is 15.1. The minimum absolute atomic E-state index is 0.330. The molecular weight excluding hydrogens is 628 g/mol. The number of rotatable bonds is 5. The molecule has 1 N–H and O–H groups in total. The maximum absolute atomic E-state index is 11.2. The van der Waals surface area contributed by atoms with Gasteiger partial charge in [0.2, 0.25) is 0 Å². The minimum atomic E-state index is 0.330. The highest BCUT2D eigenvalue weighted by Gasteiger charge is 2.23. The molecule has 8 aromatic carbocycles. The molecule has 1 aromatic heterocycles. The van der Waals surface area contributed by atoms with E-state index >= 15 is 0 Å². The molecule has 0 saturated heterocycles. The van der Waals surface area contributed by atoms with E-state index in [1.807, 2.05) is 21.8 Å². The van der Waals surface area contributed by atoms with Crippen molar-refractivity contribution in [1.29, 1.82) is 0 Å². The van der Waals surface area contributed by atoms with Crippen LogP contribution in [0.15, 0.2) is 152 Å². The zero-order valence-corrected chi connectivity index (χ0v) is 29.8. The Morgan fingerprint density at radius 2 is 1.02 bits per heavy atom. The molecule has 1 heterocycles. The summed E-state index contributed by atoms with van der Waals surface area (Å²) in [5.74, 6) is 1.16. The summed E-state index contributed by atoms with van der Waals surface area (Å²) in [7, 11) is 8.21.